The van der Waals surface area contributed by atoms with Gasteiger partial charge in [-0.1, -0.05) is 48.0 Å². The van der Waals surface area contributed by atoms with E-state index in [1.165, 1.54) is 24.3 Å². The maximum Gasteiger partial charge on any atom is 0.338 e. The van der Waals surface area contributed by atoms with Crippen LogP contribution in [0, 0.1) is 0 Å². The van der Waals surface area contributed by atoms with Crippen LogP contribution in [0.4, 0.5) is 11.4 Å². The summed E-state index contributed by atoms with van der Waals surface area (Å²) in [4.78, 5) is 24.8. The van der Waals surface area contributed by atoms with E-state index >= 15 is 0 Å². The SMILES string of the molecule is CCOC(=O)c1cccc(NC(=O)CN(c2ccccc2Cl)S(=O)(=O)c2ccccc2)c1. The molecule has 0 radical (unpaired) electrons. The highest BCUT2D eigenvalue weighted by Crippen LogP contribution is 2.30. The second-order valence-electron chi connectivity index (χ2n) is 6.63. The summed E-state index contributed by atoms with van der Waals surface area (Å²) in [7, 11) is -4.08. The molecular formula is C23H21ClN2O5S. The Labute approximate surface area is 191 Å². The first-order valence-corrected chi connectivity index (χ1v) is 11.5. The molecule has 0 saturated heterocycles. The summed E-state index contributed by atoms with van der Waals surface area (Å²) in [6.07, 6.45) is 0. The fourth-order valence-corrected chi connectivity index (χ4v) is 4.69. The van der Waals surface area contributed by atoms with Gasteiger partial charge in [-0.3, -0.25) is 9.10 Å². The molecule has 3 rings (SSSR count). The van der Waals surface area contributed by atoms with Gasteiger partial charge in [0.25, 0.3) is 10.0 Å². The Morgan fingerprint density at radius 2 is 1.66 bits per heavy atom. The number of esters is 1. The average molecular weight is 473 g/mol. The predicted octanol–water partition coefficient (Wildman–Crippen LogP) is 4.35. The van der Waals surface area contributed by atoms with Crippen LogP contribution in [0.2, 0.25) is 5.02 Å². The molecule has 0 bridgehead atoms. The molecule has 7 nitrogen and oxygen atoms in total. The number of nitrogens with one attached hydrogen (secondary N) is 1. The molecule has 0 atom stereocenters. The molecule has 1 amide bonds. The highest BCUT2D eigenvalue weighted by atomic mass is 35.5. The van der Waals surface area contributed by atoms with Gasteiger partial charge in [-0.05, 0) is 49.4 Å². The first kappa shape index (κ1) is 23.3. The van der Waals surface area contributed by atoms with Gasteiger partial charge < -0.3 is 10.1 Å². The van der Waals surface area contributed by atoms with Crippen molar-refractivity contribution in [3.05, 3.63) is 89.4 Å². The lowest BCUT2D eigenvalue weighted by molar-refractivity contribution is -0.114. The fourth-order valence-electron chi connectivity index (χ4n) is 2.94. The molecular weight excluding hydrogens is 452 g/mol. The number of nitrogens with zero attached hydrogens (tertiary/aromatic N) is 1. The second kappa shape index (κ2) is 10.3. The van der Waals surface area contributed by atoms with Gasteiger partial charge >= 0.3 is 5.97 Å². The molecule has 0 spiro atoms. The van der Waals surface area contributed by atoms with Gasteiger partial charge in [0.2, 0.25) is 5.91 Å². The van der Waals surface area contributed by atoms with Gasteiger partial charge in [0.1, 0.15) is 6.54 Å². The number of carbonyl (C=O) groups is 2. The summed E-state index contributed by atoms with van der Waals surface area (Å²) in [6, 6.07) is 20.4. The third-order valence-corrected chi connectivity index (χ3v) is 6.49. The van der Waals surface area contributed by atoms with Crippen molar-refractivity contribution < 1.29 is 22.7 Å². The summed E-state index contributed by atoms with van der Waals surface area (Å²) in [5, 5.41) is 2.81. The third kappa shape index (κ3) is 5.46. The van der Waals surface area contributed by atoms with Crippen LogP contribution >= 0.6 is 11.6 Å². The van der Waals surface area contributed by atoms with Crippen LogP contribution in [0.3, 0.4) is 0 Å². The Morgan fingerprint density at radius 1 is 0.969 bits per heavy atom. The molecule has 0 aliphatic carbocycles. The van der Waals surface area contributed by atoms with E-state index in [4.69, 9.17) is 16.3 Å². The van der Waals surface area contributed by atoms with Crippen LogP contribution in [0.25, 0.3) is 0 Å². The molecule has 0 aromatic heterocycles. The number of hydrogen-bond acceptors (Lipinski definition) is 5. The number of hydrogen-bond donors (Lipinski definition) is 1. The van der Waals surface area contributed by atoms with Crippen molar-refractivity contribution in [2.24, 2.45) is 0 Å². The normalized spacial score (nSPS) is 10.9. The minimum atomic E-state index is -4.08. The standard InChI is InChI=1S/C23H21ClN2O5S/c1-2-31-23(28)17-9-8-10-18(15-17)25-22(27)16-26(21-14-7-6-13-20(21)24)32(29,30)19-11-4-3-5-12-19/h3-15H,2,16H2,1H3,(H,25,27). The molecule has 0 heterocycles. The minimum absolute atomic E-state index is 0.0250. The van der Waals surface area contributed by atoms with E-state index in [2.05, 4.69) is 5.32 Å². The first-order chi connectivity index (χ1) is 15.3. The Bertz CT molecular complexity index is 1220. The lowest BCUT2D eigenvalue weighted by atomic mass is 10.2. The van der Waals surface area contributed by atoms with Crippen molar-refractivity contribution in [3.8, 4) is 0 Å². The number of carbonyl (C=O) groups excluding carboxylic acids is 2. The maximum absolute atomic E-state index is 13.3. The fraction of sp³-hybridized carbons (Fsp3) is 0.130. The van der Waals surface area contributed by atoms with Gasteiger partial charge in [-0.25, -0.2) is 13.2 Å². The number of rotatable bonds is 8. The quantitative estimate of drug-likeness (QED) is 0.492. The van der Waals surface area contributed by atoms with Crippen LogP contribution in [0.1, 0.15) is 17.3 Å². The molecule has 0 saturated carbocycles. The van der Waals surface area contributed by atoms with Crippen LogP contribution < -0.4 is 9.62 Å². The van der Waals surface area contributed by atoms with Gasteiger partial charge in [0.15, 0.2) is 0 Å². The summed E-state index contributed by atoms with van der Waals surface area (Å²) in [5.41, 5.74) is 0.773. The topological polar surface area (TPSA) is 92.8 Å². The van der Waals surface area contributed by atoms with Crippen LogP contribution in [-0.2, 0) is 19.6 Å². The third-order valence-electron chi connectivity index (χ3n) is 4.40. The zero-order valence-electron chi connectivity index (χ0n) is 17.2. The van der Waals surface area contributed by atoms with Gasteiger partial charge in [0.05, 0.1) is 27.8 Å². The van der Waals surface area contributed by atoms with E-state index in [-0.39, 0.29) is 27.8 Å². The maximum atomic E-state index is 13.3. The second-order valence-corrected chi connectivity index (χ2v) is 8.90. The zero-order valence-corrected chi connectivity index (χ0v) is 18.8. The lowest BCUT2D eigenvalue weighted by Crippen LogP contribution is -2.38. The molecule has 32 heavy (non-hydrogen) atoms. The van der Waals surface area contributed by atoms with E-state index in [1.807, 2.05) is 0 Å². The first-order valence-electron chi connectivity index (χ1n) is 9.72. The van der Waals surface area contributed by atoms with E-state index in [1.54, 1.807) is 61.5 Å². The van der Waals surface area contributed by atoms with E-state index in [9.17, 15) is 18.0 Å². The molecule has 166 valence electrons. The van der Waals surface area contributed by atoms with Gasteiger partial charge in [-0.2, -0.15) is 0 Å². The van der Waals surface area contributed by atoms with Crippen molar-refractivity contribution >= 4 is 44.9 Å². The molecule has 9 heteroatoms. The molecule has 1 N–H and O–H groups in total. The number of amides is 1. The molecule has 0 aliphatic rings. The zero-order chi connectivity index (χ0) is 23.1. The molecule has 0 aliphatic heterocycles. The molecule has 3 aromatic carbocycles. The lowest BCUT2D eigenvalue weighted by Gasteiger charge is -2.25. The summed E-state index contributed by atoms with van der Waals surface area (Å²) < 4.78 is 32.5. The largest absolute Gasteiger partial charge is 0.462 e. The van der Waals surface area contributed by atoms with Crippen LogP contribution in [0.5, 0.6) is 0 Å². The van der Waals surface area contributed by atoms with Crippen molar-refractivity contribution in [2.45, 2.75) is 11.8 Å². The van der Waals surface area contributed by atoms with Crippen LogP contribution in [-0.4, -0.2) is 33.4 Å². The van der Waals surface area contributed by atoms with E-state index < -0.39 is 28.4 Å². The summed E-state index contributed by atoms with van der Waals surface area (Å²) in [6.45, 7) is 1.39. The van der Waals surface area contributed by atoms with E-state index in [0.29, 0.717) is 5.69 Å². The summed E-state index contributed by atoms with van der Waals surface area (Å²) >= 11 is 6.25. The number of benzene rings is 3. The van der Waals surface area contributed by atoms with Crippen molar-refractivity contribution in [1.29, 1.82) is 0 Å². The monoisotopic (exact) mass is 472 g/mol. The minimum Gasteiger partial charge on any atom is -0.462 e. The molecule has 3 aromatic rings. The number of para-hydroxylation sites is 1. The average Bonchev–Trinajstić information content (AvgIpc) is 2.79. The Balaban J connectivity index is 1.89. The Kier molecular flexibility index (Phi) is 7.50. The highest BCUT2D eigenvalue weighted by Gasteiger charge is 2.28. The molecule has 0 fully saturated rings. The van der Waals surface area contributed by atoms with Crippen LogP contribution in [0.15, 0.2) is 83.8 Å². The van der Waals surface area contributed by atoms with Gasteiger partial charge in [-0.15, -0.1) is 0 Å². The number of anilines is 2. The smallest absolute Gasteiger partial charge is 0.338 e. The van der Waals surface area contributed by atoms with E-state index in [0.717, 1.165) is 4.31 Å². The highest BCUT2D eigenvalue weighted by molar-refractivity contribution is 7.92. The van der Waals surface area contributed by atoms with Crippen molar-refractivity contribution in [3.63, 3.8) is 0 Å². The van der Waals surface area contributed by atoms with Gasteiger partial charge in [0, 0.05) is 5.69 Å². The Hall–Kier alpha value is -3.36. The predicted molar refractivity (Wildman–Crippen MR) is 123 cm³/mol. The van der Waals surface area contributed by atoms with Crippen molar-refractivity contribution in [2.75, 3.05) is 22.8 Å². The summed E-state index contributed by atoms with van der Waals surface area (Å²) in [5.74, 6) is -1.13. The van der Waals surface area contributed by atoms with Crippen molar-refractivity contribution in [1.82, 2.24) is 0 Å². The Morgan fingerprint density at radius 3 is 2.34 bits per heavy atom. The number of ether oxygens (including phenoxy) is 1. The number of halogens is 1. The molecule has 0 unspecified atom stereocenters. The number of sulfonamides is 1.